The van der Waals surface area contributed by atoms with Crippen LogP contribution in [0.15, 0.2) is 45.6 Å². The van der Waals surface area contributed by atoms with Crippen molar-refractivity contribution >= 4 is 39.4 Å². The van der Waals surface area contributed by atoms with Crippen molar-refractivity contribution in [2.75, 3.05) is 30.8 Å². The first-order valence-electron chi connectivity index (χ1n) is 9.08. The minimum absolute atomic E-state index is 0.0861. The molecule has 0 aliphatic rings. The molecule has 0 radical (unpaired) electrons. The number of anilines is 2. The molecule has 3 aromatic rings. The van der Waals surface area contributed by atoms with Crippen molar-refractivity contribution in [3.63, 3.8) is 0 Å². The molecule has 0 spiro atoms. The number of hydrogen-bond acceptors (Lipinski definition) is 6. The third-order valence-electron chi connectivity index (χ3n) is 4.24. The summed E-state index contributed by atoms with van der Waals surface area (Å²) < 4.78 is 11.1. The van der Waals surface area contributed by atoms with Crippen molar-refractivity contribution in [2.45, 2.75) is 26.4 Å². The van der Waals surface area contributed by atoms with Crippen molar-refractivity contribution in [1.82, 2.24) is 5.32 Å². The summed E-state index contributed by atoms with van der Waals surface area (Å²) in [6, 6.07) is 10.4. The normalized spacial score (nSPS) is 11.6. The first kappa shape index (κ1) is 19.5. The Labute approximate surface area is 163 Å². The van der Waals surface area contributed by atoms with Crippen molar-refractivity contribution in [3.05, 3.63) is 46.6 Å². The third-order valence-corrected chi connectivity index (χ3v) is 4.24. The van der Waals surface area contributed by atoms with Crippen molar-refractivity contribution in [1.29, 1.82) is 0 Å². The minimum Gasteiger partial charge on any atom is -0.456 e. The van der Waals surface area contributed by atoms with Gasteiger partial charge in [0.15, 0.2) is 0 Å². The number of amides is 1. The number of hydrogen-bond donors (Lipinski definition) is 2. The Bertz CT molecular complexity index is 1080. The number of rotatable bonds is 4. The Morgan fingerprint density at radius 2 is 1.79 bits per heavy atom. The molecule has 7 nitrogen and oxygen atoms in total. The minimum atomic E-state index is -0.530. The predicted octanol–water partition coefficient (Wildman–Crippen LogP) is 3.49. The Morgan fingerprint density at radius 3 is 2.46 bits per heavy atom. The summed E-state index contributed by atoms with van der Waals surface area (Å²) in [5.74, 6) is 0. The topological polar surface area (TPSA) is 97.8 Å². The van der Waals surface area contributed by atoms with E-state index in [0.717, 1.165) is 5.69 Å². The zero-order valence-electron chi connectivity index (χ0n) is 16.5. The second-order valence-corrected chi connectivity index (χ2v) is 7.72. The number of nitrogen functional groups attached to an aromatic ring is 1. The molecule has 1 heterocycles. The van der Waals surface area contributed by atoms with E-state index < -0.39 is 11.7 Å². The van der Waals surface area contributed by atoms with Crippen molar-refractivity contribution in [3.8, 4) is 0 Å². The molecule has 1 amide bonds. The summed E-state index contributed by atoms with van der Waals surface area (Å²) >= 11 is 0. The Kier molecular flexibility index (Phi) is 5.18. The second kappa shape index (κ2) is 7.42. The number of carbonyl (C=O) groups is 1. The maximum absolute atomic E-state index is 12.7. The van der Waals surface area contributed by atoms with Gasteiger partial charge in [-0.05, 0) is 45.0 Å². The first-order chi connectivity index (χ1) is 13.1. The summed E-state index contributed by atoms with van der Waals surface area (Å²) in [7, 11) is 1.90. The van der Waals surface area contributed by atoms with Crippen LogP contribution in [0.1, 0.15) is 20.8 Å². The molecule has 0 unspecified atom stereocenters. The summed E-state index contributed by atoms with van der Waals surface area (Å²) in [5, 5.41) is 3.75. The highest BCUT2D eigenvalue weighted by atomic mass is 16.6. The van der Waals surface area contributed by atoms with Gasteiger partial charge in [-0.1, -0.05) is 0 Å². The van der Waals surface area contributed by atoms with E-state index in [4.69, 9.17) is 14.9 Å². The number of carbonyl (C=O) groups excluding carboxylic acids is 1. The highest BCUT2D eigenvalue weighted by Crippen LogP contribution is 2.24. The fraction of sp³-hybridized carbons (Fsp3) is 0.333. The van der Waals surface area contributed by atoms with Gasteiger partial charge < -0.3 is 25.1 Å². The lowest BCUT2D eigenvalue weighted by molar-refractivity contribution is 0.0529. The lowest BCUT2D eigenvalue weighted by Gasteiger charge is -2.22. The highest BCUT2D eigenvalue weighted by molar-refractivity contribution is 5.92. The molecule has 0 saturated carbocycles. The maximum Gasteiger partial charge on any atom is 0.407 e. The molecular formula is C21H25N3O4. The van der Waals surface area contributed by atoms with E-state index >= 15 is 0 Å². The molecule has 2 aromatic carbocycles. The third kappa shape index (κ3) is 4.36. The molecule has 0 bridgehead atoms. The quantitative estimate of drug-likeness (QED) is 0.529. The molecule has 0 atom stereocenters. The van der Waals surface area contributed by atoms with E-state index in [2.05, 4.69) is 5.32 Å². The average molecular weight is 383 g/mol. The summed E-state index contributed by atoms with van der Waals surface area (Å²) in [4.78, 5) is 26.4. The first-order valence-corrected chi connectivity index (χ1v) is 9.08. The molecule has 0 saturated heterocycles. The average Bonchev–Trinajstić information content (AvgIpc) is 2.59. The standard InChI is InChI=1S/C21H25N3O4/c1-21(2,3)28-20(26)23-9-10-24(4)14-6-8-16-18(12-14)27-17-11-13(22)5-7-15(17)19(16)25/h5-8,11-12H,9-10,22H2,1-4H3,(H,23,26). The van der Waals surface area contributed by atoms with Gasteiger partial charge in [-0.2, -0.15) is 0 Å². The van der Waals surface area contributed by atoms with Gasteiger partial charge in [0.25, 0.3) is 0 Å². The number of fused-ring (bicyclic) bond motifs is 2. The van der Waals surface area contributed by atoms with Crippen LogP contribution in [0.2, 0.25) is 0 Å². The number of benzene rings is 2. The Hall–Kier alpha value is -3.22. The Morgan fingerprint density at radius 1 is 1.14 bits per heavy atom. The van der Waals surface area contributed by atoms with E-state index in [0.29, 0.717) is 40.7 Å². The van der Waals surface area contributed by atoms with E-state index in [1.165, 1.54) is 0 Å². The largest absolute Gasteiger partial charge is 0.456 e. The number of nitrogens with one attached hydrogen (secondary N) is 1. The summed E-state index contributed by atoms with van der Waals surface area (Å²) in [5.41, 5.74) is 7.54. The Balaban J connectivity index is 1.77. The highest BCUT2D eigenvalue weighted by Gasteiger charge is 2.16. The summed E-state index contributed by atoms with van der Waals surface area (Å²) in [6.07, 6.45) is -0.450. The SMILES string of the molecule is CN(CCNC(=O)OC(C)(C)C)c1ccc2c(=O)c3ccc(N)cc3oc2c1. The maximum atomic E-state index is 12.7. The van der Waals surface area contributed by atoms with E-state index in [1.807, 2.05) is 44.9 Å². The molecule has 1 aromatic heterocycles. The molecule has 0 fully saturated rings. The lowest BCUT2D eigenvalue weighted by atomic mass is 10.1. The van der Waals surface area contributed by atoms with Gasteiger partial charge in [0.1, 0.15) is 16.8 Å². The number of likely N-dealkylation sites (N-methyl/N-ethyl adjacent to an activating group) is 1. The van der Waals surface area contributed by atoms with Crippen LogP contribution in [0.3, 0.4) is 0 Å². The zero-order chi connectivity index (χ0) is 20.5. The number of alkyl carbamates (subject to hydrolysis) is 1. The van der Waals surface area contributed by atoms with Crippen LogP contribution in [0.5, 0.6) is 0 Å². The van der Waals surface area contributed by atoms with Crippen LogP contribution in [0, 0.1) is 0 Å². The van der Waals surface area contributed by atoms with Crippen molar-refractivity contribution < 1.29 is 13.9 Å². The van der Waals surface area contributed by atoms with Gasteiger partial charge in [0.2, 0.25) is 5.43 Å². The monoisotopic (exact) mass is 383 g/mol. The summed E-state index contributed by atoms with van der Waals surface area (Å²) in [6.45, 7) is 6.44. The number of nitrogens with zero attached hydrogens (tertiary/aromatic N) is 1. The van der Waals surface area contributed by atoms with Crippen LogP contribution in [0.25, 0.3) is 21.9 Å². The van der Waals surface area contributed by atoms with Crippen LogP contribution in [-0.2, 0) is 4.74 Å². The molecule has 7 heteroatoms. The zero-order valence-corrected chi connectivity index (χ0v) is 16.5. The van der Waals surface area contributed by atoms with Crippen LogP contribution in [0.4, 0.5) is 16.2 Å². The van der Waals surface area contributed by atoms with Crippen LogP contribution >= 0.6 is 0 Å². The molecule has 3 rings (SSSR count). The molecule has 28 heavy (non-hydrogen) atoms. The number of ether oxygens (including phenoxy) is 1. The fourth-order valence-electron chi connectivity index (χ4n) is 2.86. The molecular weight excluding hydrogens is 358 g/mol. The van der Waals surface area contributed by atoms with Gasteiger partial charge in [-0.25, -0.2) is 4.79 Å². The van der Waals surface area contributed by atoms with Crippen LogP contribution < -0.4 is 21.4 Å². The predicted molar refractivity (Wildman–Crippen MR) is 112 cm³/mol. The fourth-order valence-corrected chi connectivity index (χ4v) is 2.86. The number of nitrogens with two attached hydrogens (primary N) is 1. The van der Waals surface area contributed by atoms with Gasteiger partial charge in [-0.3, -0.25) is 4.79 Å². The van der Waals surface area contributed by atoms with Crippen LogP contribution in [-0.4, -0.2) is 31.8 Å². The molecule has 0 aliphatic heterocycles. The lowest BCUT2D eigenvalue weighted by Crippen LogP contribution is -2.37. The van der Waals surface area contributed by atoms with E-state index in [9.17, 15) is 9.59 Å². The van der Waals surface area contributed by atoms with Gasteiger partial charge in [0.05, 0.1) is 10.8 Å². The molecule has 148 valence electrons. The van der Waals surface area contributed by atoms with Gasteiger partial charge in [-0.15, -0.1) is 0 Å². The van der Waals surface area contributed by atoms with Gasteiger partial charge in [0, 0.05) is 43.6 Å². The van der Waals surface area contributed by atoms with E-state index in [-0.39, 0.29) is 5.43 Å². The van der Waals surface area contributed by atoms with Gasteiger partial charge >= 0.3 is 6.09 Å². The molecule has 0 aliphatic carbocycles. The smallest absolute Gasteiger partial charge is 0.407 e. The second-order valence-electron chi connectivity index (χ2n) is 7.72. The van der Waals surface area contributed by atoms with E-state index in [1.54, 1.807) is 24.3 Å². The van der Waals surface area contributed by atoms with Crippen molar-refractivity contribution in [2.24, 2.45) is 0 Å². The molecule has 3 N–H and O–H groups in total.